The normalized spacial score (nSPS) is 15.2. The van der Waals surface area contributed by atoms with Gasteiger partial charge in [0.25, 0.3) is 0 Å². The first-order valence-corrected chi connectivity index (χ1v) is 8.75. The highest BCUT2D eigenvalue weighted by atomic mass is 32.2. The molecule has 0 saturated carbocycles. The molecule has 1 aliphatic rings. The van der Waals surface area contributed by atoms with Crippen molar-refractivity contribution in [3.05, 3.63) is 64.1 Å². The number of thioether (sulfide) groups is 1. The number of rotatable bonds is 3. The zero-order chi connectivity index (χ0) is 18.3. The topological polar surface area (TPSA) is 60.9 Å². The summed E-state index contributed by atoms with van der Waals surface area (Å²) in [5.74, 6) is -0.717. The molecule has 0 N–H and O–H groups in total. The van der Waals surface area contributed by atoms with E-state index in [2.05, 4.69) is 20.4 Å². The van der Waals surface area contributed by atoms with E-state index in [0.29, 0.717) is 21.6 Å². The Morgan fingerprint density at radius 3 is 2.81 bits per heavy atom. The first-order valence-electron chi connectivity index (χ1n) is 7.94. The summed E-state index contributed by atoms with van der Waals surface area (Å²) in [6.07, 6.45) is 5.47. The molecule has 0 atom stereocenters. The average molecular weight is 372 g/mol. The van der Waals surface area contributed by atoms with Gasteiger partial charge in [-0.1, -0.05) is 0 Å². The van der Waals surface area contributed by atoms with Gasteiger partial charge in [-0.15, -0.1) is 10.2 Å². The summed E-state index contributed by atoms with van der Waals surface area (Å²) in [5.41, 5.74) is 1.47. The maximum absolute atomic E-state index is 14.4. The van der Waals surface area contributed by atoms with Gasteiger partial charge in [0.2, 0.25) is 5.16 Å². The van der Waals surface area contributed by atoms with Crippen molar-refractivity contribution in [3.63, 3.8) is 0 Å². The van der Waals surface area contributed by atoms with Crippen molar-refractivity contribution >= 4 is 23.5 Å². The van der Waals surface area contributed by atoms with E-state index in [-0.39, 0.29) is 5.56 Å². The fourth-order valence-electron chi connectivity index (χ4n) is 2.56. The molecule has 2 aromatic heterocycles. The van der Waals surface area contributed by atoms with E-state index in [0.717, 1.165) is 18.2 Å². The molecule has 0 fully saturated rings. The van der Waals surface area contributed by atoms with Crippen LogP contribution >= 0.6 is 11.8 Å². The second-order valence-corrected chi connectivity index (χ2v) is 6.66. The molecule has 26 heavy (non-hydrogen) atoms. The van der Waals surface area contributed by atoms with Crippen molar-refractivity contribution in [2.45, 2.75) is 25.5 Å². The van der Waals surface area contributed by atoms with Crippen molar-refractivity contribution in [2.75, 3.05) is 0 Å². The molecular formula is C17H14F2N6S. The van der Waals surface area contributed by atoms with Crippen molar-refractivity contribution < 1.29 is 8.78 Å². The Labute approximate surface area is 152 Å². The van der Waals surface area contributed by atoms with Crippen LogP contribution in [-0.2, 0) is 6.54 Å². The van der Waals surface area contributed by atoms with Crippen LogP contribution < -0.4 is 0 Å². The van der Waals surface area contributed by atoms with Gasteiger partial charge in [-0.3, -0.25) is 4.68 Å². The summed E-state index contributed by atoms with van der Waals surface area (Å²) in [6.45, 7) is 4.50. The van der Waals surface area contributed by atoms with E-state index in [4.69, 9.17) is 0 Å². The molecule has 4 rings (SSSR count). The van der Waals surface area contributed by atoms with Gasteiger partial charge in [0.15, 0.2) is 5.82 Å². The first kappa shape index (κ1) is 16.6. The van der Waals surface area contributed by atoms with E-state index in [1.807, 2.05) is 19.2 Å². The average Bonchev–Trinajstić information content (AvgIpc) is 3.21. The number of halogens is 2. The monoisotopic (exact) mass is 372 g/mol. The number of aryl methyl sites for hydroxylation is 2. The highest BCUT2D eigenvalue weighted by molar-refractivity contribution is 8.04. The van der Waals surface area contributed by atoms with Crippen LogP contribution in [0.2, 0.25) is 0 Å². The van der Waals surface area contributed by atoms with Crippen LogP contribution in [0.1, 0.15) is 23.9 Å². The molecule has 0 bridgehead atoms. The van der Waals surface area contributed by atoms with E-state index >= 15 is 0 Å². The zero-order valence-electron chi connectivity index (χ0n) is 14.0. The Kier molecular flexibility index (Phi) is 4.15. The Bertz CT molecular complexity index is 1050. The third kappa shape index (κ3) is 2.94. The standard InChI is InChI=1S/C17H14F2N6S/c1-3-24-9-11(8-20-24)6-15-16(13-5-4-12(18)7-14(13)19)23-25-10(2)21-22-17(25)26-15/h4-9H,3H2,1-2H3. The van der Waals surface area contributed by atoms with Gasteiger partial charge in [0.1, 0.15) is 17.3 Å². The lowest BCUT2D eigenvalue weighted by atomic mass is 10.1. The molecular weight excluding hydrogens is 358 g/mol. The number of aromatic nitrogens is 5. The molecule has 0 aliphatic carbocycles. The van der Waals surface area contributed by atoms with Crippen molar-refractivity contribution in [1.29, 1.82) is 0 Å². The highest BCUT2D eigenvalue weighted by Gasteiger charge is 2.25. The van der Waals surface area contributed by atoms with Crippen LogP contribution in [0.3, 0.4) is 0 Å². The number of fused-ring (bicyclic) bond motifs is 1. The second-order valence-electron chi connectivity index (χ2n) is 5.65. The molecule has 9 heteroatoms. The van der Waals surface area contributed by atoms with Gasteiger partial charge in [0.05, 0.1) is 6.20 Å². The summed E-state index contributed by atoms with van der Waals surface area (Å²) in [6, 6.07) is 3.45. The lowest BCUT2D eigenvalue weighted by Crippen LogP contribution is -2.14. The number of hydrogen-bond acceptors (Lipinski definition) is 5. The van der Waals surface area contributed by atoms with Gasteiger partial charge in [-0.05, 0) is 43.8 Å². The van der Waals surface area contributed by atoms with Crippen molar-refractivity contribution in [2.24, 2.45) is 5.10 Å². The second kappa shape index (κ2) is 6.49. The van der Waals surface area contributed by atoms with E-state index < -0.39 is 11.6 Å². The fourth-order valence-corrected chi connectivity index (χ4v) is 3.54. The van der Waals surface area contributed by atoms with E-state index in [1.165, 1.54) is 23.9 Å². The van der Waals surface area contributed by atoms with Crippen LogP contribution in [0, 0.1) is 18.6 Å². The quantitative estimate of drug-likeness (QED) is 0.706. The number of allylic oxidation sites excluding steroid dienone is 1. The molecule has 6 nitrogen and oxygen atoms in total. The van der Waals surface area contributed by atoms with E-state index in [9.17, 15) is 8.78 Å². The lowest BCUT2D eigenvalue weighted by molar-refractivity contribution is 0.581. The van der Waals surface area contributed by atoms with Crippen LogP contribution in [0.15, 0.2) is 45.8 Å². The number of nitrogens with zero attached hydrogens (tertiary/aromatic N) is 6. The summed E-state index contributed by atoms with van der Waals surface area (Å²) >= 11 is 1.33. The summed E-state index contributed by atoms with van der Waals surface area (Å²) in [5, 5.41) is 17.4. The van der Waals surface area contributed by atoms with E-state index in [1.54, 1.807) is 22.5 Å². The molecule has 0 radical (unpaired) electrons. The molecule has 1 aliphatic heterocycles. The molecule has 0 spiro atoms. The molecule has 0 unspecified atom stereocenters. The Balaban J connectivity index is 1.86. The first-order chi connectivity index (χ1) is 12.5. The maximum atomic E-state index is 14.4. The third-order valence-electron chi connectivity index (χ3n) is 3.86. The van der Waals surface area contributed by atoms with Crippen LogP contribution in [-0.4, -0.2) is 30.4 Å². The number of hydrogen-bond donors (Lipinski definition) is 0. The molecule has 0 amide bonds. The Hall–Kier alpha value is -2.81. The SMILES string of the molecule is CCn1cc(C=C2Sc3nnc(C)n3N=C2c2ccc(F)cc2F)cn1. The fraction of sp³-hybridized carbons (Fsp3) is 0.176. The van der Waals surface area contributed by atoms with Crippen molar-refractivity contribution in [3.8, 4) is 0 Å². The van der Waals surface area contributed by atoms with Gasteiger partial charge in [-0.25, -0.2) is 8.78 Å². The minimum absolute atomic E-state index is 0.215. The number of benzene rings is 1. The summed E-state index contributed by atoms with van der Waals surface area (Å²) < 4.78 is 31.1. The molecule has 0 saturated heterocycles. The maximum Gasteiger partial charge on any atom is 0.216 e. The molecule has 3 heterocycles. The predicted molar refractivity (Wildman–Crippen MR) is 94.8 cm³/mol. The molecule has 1 aromatic carbocycles. The van der Waals surface area contributed by atoms with Crippen LogP contribution in [0.5, 0.6) is 0 Å². The molecule has 3 aromatic rings. The predicted octanol–water partition coefficient (Wildman–Crippen LogP) is 3.48. The smallest absolute Gasteiger partial charge is 0.216 e. The lowest BCUT2D eigenvalue weighted by Gasteiger charge is -2.17. The summed E-state index contributed by atoms with van der Waals surface area (Å²) in [7, 11) is 0. The van der Waals surface area contributed by atoms with Gasteiger partial charge >= 0.3 is 0 Å². The molecule has 132 valence electrons. The Morgan fingerprint density at radius 2 is 2.08 bits per heavy atom. The van der Waals surface area contributed by atoms with Crippen molar-refractivity contribution in [1.82, 2.24) is 24.7 Å². The third-order valence-corrected chi connectivity index (χ3v) is 4.83. The van der Waals surface area contributed by atoms with Crippen LogP contribution in [0.25, 0.3) is 6.08 Å². The summed E-state index contributed by atoms with van der Waals surface area (Å²) in [4.78, 5) is 0.686. The van der Waals surface area contributed by atoms with Crippen LogP contribution in [0.4, 0.5) is 8.78 Å². The minimum Gasteiger partial charge on any atom is -0.272 e. The van der Waals surface area contributed by atoms with Gasteiger partial charge in [0, 0.05) is 34.8 Å². The van der Waals surface area contributed by atoms with Gasteiger partial charge < -0.3 is 0 Å². The zero-order valence-corrected chi connectivity index (χ0v) is 14.8. The Morgan fingerprint density at radius 1 is 1.23 bits per heavy atom. The largest absolute Gasteiger partial charge is 0.272 e. The minimum atomic E-state index is -0.673. The van der Waals surface area contributed by atoms with Gasteiger partial charge in [-0.2, -0.15) is 14.9 Å². The highest BCUT2D eigenvalue weighted by Crippen LogP contribution is 2.35.